The quantitative estimate of drug-likeness (QED) is 0.740. The second-order valence-corrected chi connectivity index (χ2v) is 5.25. The van der Waals surface area contributed by atoms with Crippen LogP contribution < -0.4 is 15.4 Å². The van der Waals surface area contributed by atoms with Gasteiger partial charge in [0.15, 0.2) is 6.61 Å². The monoisotopic (exact) mass is 328 g/mol. The maximum atomic E-state index is 11.7. The molecule has 0 aliphatic carbocycles. The summed E-state index contributed by atoms with van der Waals surface area (Å²) in [6, 6.07) is 5.77. The molecule has 7 heteroatoms. The van der Waals surface area contributed by atoms with Crippen molar-refractivity contribution >= 4 is 11.8 Å². The molecule has 0 unspecified atom stereocenters. The van der Waals surface area contributed by atoms with E-state index >= 15 is 0 Å². The highest BCUT2D eigenvalue weighted by Gasteiger charge is 2.07. The van der Waals surface area contributed by atoms with Crippen LogP contribution in [0.5, 0.6) is 5.75 Å². The molecule has 0 bridgehead atoms. The Morgan fingerprint density at radius 1 is 1.12 bits per heavy atom. The molecule has 0 atom stereocenters. The molecule has 2 rings (SSSR count). The number of nitrogens with one attached hydrogen (secondary N) is 2. The van der Waals surface area contributed by atoms with Gasteiger partial charge in [-0.2, -0.15) is 0 Å². The van der Waals surface area contributed by atoms with Crippen LogP contribution in [0.2, 0.25) is 0 Å². The van der Waals surface area contributed by atoms with Gasteiger partial charge in [-0.1, -0.05) is 17.7 Å². The summed E-state index contributed by atoms with van der Waals surface area (Å²) in [4.78, 5) is 31.2. The number of aryl methyl sites for hydroxylation is 2. The number of nitrogens with zero attached hydrogens (tertiary/aromatic N) is 2. The molecule has 2 aromatic rings. The summed E-state index contributed by atoms with van der Waals surface area (Å²) in [5.41, 5.74) is 2.36. The predicted octanol–water partition coefficient (Wildman–Crippen LogP) is 1.02. The average molecular weight is 328 g/mol. The molecule has 2 amide bonds. The normalized spacial score (nSPS) is 10.1. The van der Waals surface area contributed by atoms with Crippen LogP contribution in [0.25, 0.3) is 0 Å². The van der Waals surface area contributed by atoms with Crippen LogP contribution in [-0.2, 0) is 4.79 Å². The molecule has 2 N–H and O–H groups in total. The number of ether oxygens (including phenoxy) is 1. The van der Waals surface area contributed by atoms with Crippen molar-refractivity contribution in [2.45, 2.75) is 13.8 Å². The van der Waals surface area contributed by atoms with Crippen LogP contribution in [-0.4, -0.2) is 41.5 Å². The number of hydrogen-bond donors (Lipinski definition) is 2. The lowest BCUT2D eigenvalue weighted by atomic mass is 10.1. The second-order valence-electron chi connectivity index (χ2n) is 5.25. The number of hydrogen-bond acceptors (Lipinski definition) is 5. The minimum atomic E-state index is -0.330. The molecule has 0 fully saturated rings. The number of rotatable bonds is 7. The van der Waals surface area contributed by atoms with Crippen molar-refractivity contribution in [2.75, 3.05) is 19.7 Å². The lowest BCUT2D eigenvalue weighted by Gasteiger charge is -2.10. The van der Waals surface area contributed by atoms with Crippen LogP contribution in [0.1, 0.15) is 21.6 Å². The number of carbonyl (C=O) groups is 2. The topological polar surface area (TPSA) is 93.2 Å². The Bertz CT molecular complexity index is 704. The lowest BCUT2D eigenvalue weighted by molar-refractivity contribution is -0.123. The predicted molar refractivity (Wildman–Crippen MR) is 88.8 cm³/mol. The van der Waals surface area contributed by atoms with Gasteiger partial charge >= 0.3 is 0 Å². The highest BCUT2D eigenvalue weighted by molar-refractivity contribution is 5.91. The Balaban J connectivity index is 1.65. The van der Waals surface area contributed by atoms with Crippen LogP contribution in [0.3, 0.4) is 0 Å². The zero-order valence-electron chi connectivity index (χ0n) is 13.7. The number of aromatic nitrogens is 2. The SMILES string of the molecule is Cc1ccc(OCC(=O)NCCNC(=O)c2cnccn2)c(C)c1. The average Bonchev–Trinajstić information content (AvgIpc) is 2.58. The first kappa shape index (κ1) is 17.4. The van der Waals surface area contributed by atoms with Gasteiger partial charge < -0.3 is 15.4 Å². The maximum Gasteiger partial charge on any atom is 0.271 e. The Morgan fingerprint density at radius 3 is 2.62 bits per heavy atom. The van der Waals surface area contributed by atoms with Gasteiger partial charge in [-0.05, 0) is 25.5 Å². The van der Waals surface area contributed by atoms with E-state index in [1.807, 2.05) is 32.0 Å². The molecule has 0 radical (unpaired) electrons. The Kier molecular flexibility index (Phi) is 6.24. The van der Waals surface area contributed by atoms with Crippen molar-refractivity contribution in [3.63, 3.8) is 0 Å². The summed E-state index contributed by atoms with van der Waals surface area (Å²) in [7, 11) is 0. The molecule has 0 aliphatic heterocycles. The summed E-state index contributed by atoms with van der Waals surface area (Å²) in [6.45, 7) is 4.47. The summed E-state index contributed by atoms with van der Waals surface area (Å²) >= 11 is 0. The zero-order valence-corrected chi connectivity index (χ0v) is 13.7. The third kappa shape index (κ3) is 5.35. The molecule has 24 heavy (non-hydrogen) atoms. The maximum absolute atomic E-state index is 11.7. The first-order valence-electron chi connectivity index (χ1n) is 7.57. The summed E-state index contributed by atoms with van der Waals surface area (Å²) in [5, 5.41) is 5.32. The Hall–Kier alpha value is -2.96. The number of carbonyl (C=O) groups excluding carboxylic acids is 2. The lowest BCUT2D eigenvalue weighted by Crippen LogP contribution is -2.37. The van der Waals surface area contributed by atoms with E-state index in [1.165, 1.54) is 18.6 Å². The van der Waals surface area contributed by atoms with Crippen molar-refractivity contribution in [3.8, 4) is 5.75 Å². The zero-order chi connectivity index (χ0) is 17.4. The van der Waals surface area contributed by atoms with Crippen molar-refractivity contribution in [3.05, 3.63) is 53.6 Å². The van der Waals surface area contributed by atoms with Gasteiger partial charge in [-0.25, -0.2) is 4.98 Å². The summed E-state index contributed by atoms with van der Waals surface area (Å²) in [5.74, 6) is 0.110. The number of amides is 2. The Labute approximate surface area is 140 Å². The molecule has 126 valence electrons. The molecule has 0 saturated carbocycles. The van der Waals surface area contributed by atoms with Crippen molar-refractivity contribution in [1.82, 2.24) is 20.6 Å². The van der Waals surface area contributed by atoms with Gasteiger partial charge in [0.2, 0.25) is 0 Å². The molecular formula is C17H20N4O3. The summed E-state index contributed by atoms with van der Waals surface area (Å²) in [6.07, 6.45) is 4.32. The highest BCUT2D eigenvalue weighted by Crippen LogP contribution is 2.18. The molecule has 0 saturated heterocycles. The molecule has 0 spiro atoms. The van der Waals surface area contributed by atoms with Crippen molar-refractivity contribution < 1.29 is 14.3 Å². The largest absolute Gasteiger partial charge is 0.484 e. The van der Waals surface area contributed by atoms with E-state index in [9.17, 15) is 9.59 Å². The van der Waals surface area contributed by atoms with E-state index in [-0.39, 0.29) is 24.1 Å². The van der Waals surface area contributed by atoms with Crippen LogP contribution >= 0.6 is 0 Å². The van der Waals surface area contributed by atoms with E-state index in [2.05, 4.69) is 20.6 Å². The van der Waals surface area contributed by atoms with Gasteiger partial charge in [-0.3, -0.25) is 14.6 Å². The molecular weight excluding hydrogens is 308 g/mol. The van der Waals surface area contributed by atoms with Crippen LogP contribution in [0.15, 0.2) is 36.8 Å². The fourth-order valence-electron chi connectivity index (χ4n) is 2.04. The fourth-order valence-corrected chi connectivity index (χ4v) is 2.04. The van der Waals surface area contributed by atoms with Crippen LogP contribution in [0, 0.1) is 13.8 Å². The molecule has 1 aromatic carbocycles. The Morgan fingerprint density at radius 2 is 1.92 bits per heavy atom. The van der Waals surface area contributed by atoms with Crippen molar-refractivity contribution in [1.29, 1.82) is 0 Å². The van der Waals surface area contributed by atoms with Gasteiger partial charge in [0.1, 0.15) is 11.4 Å². The van der Waals surface area contributed by atoms with E-state index in [0.717, 1.165) is 11.1 Å². The third-order valence-corrected chi connectivity index (χ3v) is 3.22. The van der Waals surface area contributed by atoms with Gasteiger partial charge in [-0.15, -0.1) is 0 Å². The van der Waals surface area contributed by atoms with E-state index in [1.54, 1.807) is 0 Å². The fraction of sp³-hybridized carbons (Fsp3) is 0.294. The number of benzene rings is 1. The van der Waals surface area contributed by atoms with Gasteiger partial charge in [0.25, 0.3) is 11.8 Å². The summed E-state index contributed by atoms with van der Waals surface area (Å²) < 4.78 is 5.48. The third-order valence-electron chi connectivity index (χ3n) is 3.22. The van der Waals surface area contributed by atoms with Crippen LogP contribution in [0.4, 0.5) is 0 Å². The molecule has 1 heterocycles. The minimum absolute atomic E-state index is 0.0675. The van der Waals surface area contributed by atoms with Gasteiger partial charge in [0, 0.05) is 25.5 Å². The van der Waals surface area contributed by atoms with Crippen molar-refractivity contribution in [2.24, 2.45) is 0 Å². The standard InChI is InChI=1S/C17H20N4O3/c1-12-3-4-15(13(2)9-12)24-11-16(22)20-7-8-21-17(23)14-10-18-5-6-19-14/h3-6,9-10H,7-8,11H2,1-2H3,(H,20,22)(H,21,23). The minimum Gasteiger partial charge on any atom is -0.484 e. The second kappa shape index (κ2) is 8.61. The first-order chi connectivity index (χ1) is 11.6. The highest BCUT2D eigenvalue weighted by atomic mass is 16.5. The van der Waals surface area contributed by atoms with Gasteiger partial charge in [0.05, 0.1) is 6.20 Å². The smallest absolute Gasteiger partial charge is 0.271 e. The molecule has 7 nitrogen and oxygen atoms in total. The molecule has 0 aliphatic rings. The van der Waals surface area contributed by atoms with E-state index in [4.69, 9.17) is 4.74 Å². The van der Waals surface area contributed by atoms with E-state index in [0.29, 0.717) is 18.8 Å². The first-order valence-corrected chi connectivity index (χ1v) is 7.57. The molecule has 1 aromatic heterocycles. The van der Waals surface area contributed by atoms with E-state index < -0.39 is 0 Å².